The molecule has 1 aromatic heterocycles. The average Bonchev–Trinajstić information content (AvgIpc) is 2.43. The highest BCUT2D eigenvalue weighted by Gasteiger charge is 2.09. The molecule has 1 heterocycles. The van der Waals surface area contributed by atoms with Crippen LogP contribution >= 0.6 is 0 Å². The van der Waals surface area contributed by atoms with Crippen LogP contribution in [0, 0.1) is 6.92 Å². The Hall–Kier alpha value is -1.71. The molecule has 0 saturated heterocycles. The van der Waals surface area contributed by atoms with E-state index in [4.69, 9.17) is 10.2 Å². The Morgan fingerprint density at radius 3 is 1.78 bits per heavy atom. The molecule has 106 valence electrons. The number of hydrogen-bond acceptors (Lipinski definition) is 3. The van der Waals surface area contributed by atoms with E-state index < -0.39 is 5.56 Å². The van der Waals surface area contributed by atoms with Gasteiger partial charge in [-0.1, -0.05) is 54.2 Å². The summed E-state index contributed by atoms with van der Waals surface area (Å²) in [6.45, 7) is 17.0. The summed E-state index contributed by atoms with van der Waals surface area (Å²) in [6.07, 6.45) is 1.36. The normalized spacial score (nSPS) is 7.50. The third-order valence-electron chi connectivity index (χ3n) is 1.67. The Morgan fingerprint density at radius 1 is 1.06 bits per heavy atom. The molecular formula is C14H27NO3. The van der Waals surface area contributed by atoms with Crippen LogP contribution in [0.1, 0.15) is 52.7 Å². The largest absolute Gasteiger partial charge is 0.503 e. The molecule has 1 aromatic rings. The van der Waals surface area contributed by atoms with Crippen molar-refractivity contribution in [1.29, 1.82) is 0 Å². The van der Waals surface area contributed by atoms with Crippen molar-refractivity contribution in [3.63, 3.8) is 0 Å². The number of H-pyrrole nitrogens is 1. The summed E-state index contributed by atoms with van der Waals surface area (Å²) in [5.74, 6) is -0.659. The van der Waals surface area contributed by atoms with Crippen LogP contribution in [0.5, 0.6) is 11.6 Å². The van der Waals surface area contributed by atoms with Gasteiger partial charge in [-0.2, -0.15) is 0 Å². The topological polar surface area (TPSA) is 73.3 Å². The summed E-state index contributed by atoms with van der Waals surface area (Å²) in [7, 11) is 0. The summed E-state index contributed by atoms with van der Waals surface area (Å²) in [5.41, 5.74) is -0.0334. The lowest BCUT2D eigenvalue weighted by Crippen LogP contribution is -2.07. The number of nitrogens with one attached hydrogen (secondary N) is 1. The molecule has 0 aliphatic heterocycles. The predicted molar refractivity (Wildman–Crippen MR) is 79.3 cm³/mol. The van der Waals surface area contributed by atoms with E-state index in [0.29, 0.717) is 11.1 Å². The summed E-state index contributed by atoms with van der Waals surface area (Å²) in [6, 6.07) is 0. The Balaban J connectivity index is -0.000000328. The fourth-order valence-corrected chi connectivity index (χ4v) is 0.959. The lowest BCUT2D eigenvalue weighted by Gasteiger charge is -2.03. The number of pyridine rings is 1. The number of aromatic hydroxyl groups is 2. The van der Waals surface area contributed by atoms with Crippen LogP contribution in [0.25, 0.3) is 6.08 Å². The van der Waals surface area contributed by atoms with Gasteiger partial charge in [0, 0.05) is 11.1 Å². The first kappa shape index (κ1) is 21.6. The van der Waals surface area contributed by atoms with Crippen LogP contribution in [-0.2, 0) is 0 Å². The minimum Gasteiger partial charge on any atom is -0.503 e. The second-order valence-electron chi connectivity index (χ2n) is 2.39. The minimum atomic E-state index is -0.699. The standard InChI is InChI=1S/C8H9NO3.3C2H6/c1-3-5-4(2)6(10)8(12)9-7(5)11;3*1-2/h3,10H,1H2,2H3,(H2,9,11,12);3*1-2H3. The molecule has 0 aliphatic carbocycles. The molecule has 0 atom stereocenters. The molecule has 0 saturated carbocycles. The van der Waals surface area contributed by atoms with Gasteiger partial charge >= 0.3 is 0 Å². The van der Waals surface area contributed by atoms with Gasteiger partial charge in [0.05, 0.1) is 0 Å². The first-order valence-electron chi connectivity index (χ1n) is 6.35. The van der Waals surface area contributed by atoms with Crippen LogP contribution in [-0.4, -0.2) is 15.2 Å². The van der Waals surface area contributed by atoms with E-state index in [1.54, 1.807) is 0 Å². The van der Waals surface area contributed by atoms with Gasteiger partial charge in [0.2, 0.25) is 0 Å². The smallest absolute Gasteiger partial charge is 0.293 e. The van der Waals surface area contributed by atoms with Crippen molar-refractivity contribution in [3.05, 3.63) is 28.1 Å². The van der Waals surface area contributed by atoms with Crippen molar-refractivity contribution in [2.24, 2.45) is 0 Å². The molecule has 3 N–H and O–H groups in total. The second-order valence-corrected chi connectivity index (χ2v) is 2.39. The highest BCUT2D eigenvalue weighted by molar-refractivity contribution is 5.59. The second kappa shape index (κ2) is 13.4. The van der Waals surface area contributed by atoms with Gasteiger partial charge in [-0.15, -0.1) is 0 Å². The van der Waals surface area contributed by atoms with E-state index in [-0.39, 0.29) is 11.6 Å². The van der Waals surface area contributed by atoms with Gasteiger partial charge in [-0.05, 0) is 6.92 Å². The summed E-state index contributed by atoms with van der Waals surface area (Å²) >= 11 is 0. The number of rotatable bonds is 1. The van der Waals surface area contributed by atoms with Gasteiger partial charge < -0.3 is 10.2 Å². The molecular weight excluding hydrogens is 230 g/mol. The molecule has 0 aliphatic rings. The molecule has 4 nitrogen and oxygen atoms in total. The molecule has 1 rings (SSSR count). The quantitative estimate of drug-likeness (QED) is 0.716. The van der Waals surface area contributed by atoms with Crippen molar-refractivity contribution in [1.82, 2.24) is 4.98 Å². The maximum absolute atomic E-state index is 10.8. The third-order valence-corrected chi connectivity index (χ3v) is 1.67. The van der Waals surface area contributed by atoms with Crippen LogP contribution in [0.2, 0.25) is 0 Å². The zero-order chi connectivity index (χ0) is 15.3. The highest BCUT2D eigenvalue weighted by atomic mass is 16.3. The van der Waals surface area contributed by atoms with Crippen molar-refractivity contribution in [2.45, 2.75) is 48.5 Å². The molecule has 0 aromatic carbocycles. The van der Waals surface area contributed by atoms with E-state index >= 15 is 0 Å². The SMILES string of the molecule is C=Cc1c(O)[nH]c(=O)c(O)c1C.CC.CC.CC. The van der Waals surface area contributed by atoms with Crippen molar-refractivity contribution < 1.29 is 10.2 Å². The lowest BCUT2D eigenvalue weighted by atomic mass is 10.1. The molecule has 18 heavy (non-hydrogen) atoms. The van der Waals surface area contributed by atoms with Gasteiger partial charge in [0.1, 0.15) is 0 Å². The third kappa shape index (κ3) is 6.13. The number of aromatic nitrogens is 1. The van der Waals surface area contributed by atoms with Crippen LogP contribution < -0.4 is 5.56 Å². The first-order valence-corrected chi connectivity index (χ1v) is 6.35. The molecule has 0 amide bonds. The average molecular weight is 257 g/mol. The summed E-state index contributed by atoms with van der Waals surface area (Å²) < 4.78 is 0. The molecule has 0 fully saturated rings. The van der Waals surface area contributed by atoms with Gasteiger partial charge in [-0.3, -0.25) is 9.78 Å². The molecule has 0 unspecified atom stereocenters. The molecule has 0 radical (unpaired) electrons. The van der Waals surface area contributed by atoms with Gasteiger partial charge in [0.25, 0.3) is 5.56 Å². The Bertz CT molecular complexity index is 381. The van der Waals surface area contributed by atoms with Gasteiger partial charge in [-0.25, -0.2) is 0 Å². The molecule has 0 spiro atoms. The van der Waals surface area contributed by atoms with Gasteiger partial charge in [0.15, 0.2) is 11.6 Å². The summed E-state index contributed by atoms with van der Waals surface area (Å²) in [4.78, 5) is 12.9. The molecule has 0 bridgehead atoms. The number of hydrogen-bond donors (Lipinski definition) is 3. The van der Waals surface area contributed by atoms with E-state index in [2.05, 4.69) is 11.6 Å². The minimum absolute atomic E-state index is 0.273. The predicted octanol–water partition coefficient (Wildman–Crippen LogP) is 3.82. The lowest BCUT2D eigenvalue weighted by molar-refractivity contribution is 0.430. The monoisotopic (exact) mass is 257 g/mol. The Kier molecular flexibility index (Phi) is 16.0. The zero-order valence-corrected chi connectivity index (χ0v) is 12.6. The number of aromatic amines is 1. The maximum Gasteiger partial charge on any atom is 0.293 e. The van der Waals surface area contributed by atoms with Crippen LogP contribution in [0.3, 0.4) is 0 Å². The summed E-state index contributed by atoms with van der Waals surface area (Å²) in [5, 5.41) is 18.3. The van der Waals surface area contributed by atoms with Crippen LogP contribution in [0.15, 0.2) is 11.4 Å². The highest BCUT2D eigenvalue weighted by Crippen LogP contribution is 2.22. The van der Waals surface area contributed by atoms with E-state index in [1.807, 2.05) is 41.5 Å². The fraction of sp³-hybridized carbons (Fsp3) is 0.500. The van der Waals surface area contributed by atoms with Crippen molar-refractivity contribution in [3.8, 4) is 11.6 Å². The fourth-order valence-electron chi connectivity index (χ4n) is 0.959. The zero-order valence-electron chi connectivity index (χ0n) is 12.6. The van der Waals surface area contributed by atoms with Crippen molar-refractivity contribution >= 4 is 6.08 Å². The van der Waals surface area contributed by atoms with E-state index in [0.717, 1.165) is 0 Å². The van der Waals surface area contributed by atoms with E-state index in [1.165, 1.54) is 13.0 Å². The Morgan fingerprint density at radius 2 is 1.44 bits per heavy atom. The molecule has 4 heteroatoms. The maximum atomic E-state index is 10.8. The first-order chi connectivity index (χ1) is 8.57. The van der Waals surface area contributed by atoms with Crippen LogP contribution in [0.4, 0.5) is 0 Å². The van der Waals surface area contributed by atoms with Crippen molar-refractivity contribution in [2.75, 3.05) is 0 Å². The Labute approximate surface area is 110 Å². The van der Waals surface area contributed by atoms with E-state index in [9.17, 15) is 4.79 Å².